The van der Waals surface area contributed by atoms with Crippen LogP contribution in [0.2, 0.25) is 0 Å². The second kappa shape index (κ2) is 7.91. The van der Waals surface area contributed by atoms with Crippen molar-refractivity contribution in [2.45, 2.75) is 20.8 Å². The lowest BCUT2D eigenvalue weighted by molar-refractivity contribution is -0.114. The zero-order valence-electron chi connectivity index (χ0n) is 15.7. The maximum atomic E-state index is 12.8. The number of Topliss-reactive ketones (excluding diaryl/α,β-unsaturated/α-hetero) is 1. The number of para-hydroxylation sites is 1. The van der Waals surface area contributed by atoms with Gasteiger partial charge in [-0.05, 0) is 50.2 Å². The van der Waals surface area contributed by atoms with Gasteiger partial charge >= 0.3 is 0 Å². The molecule has 0 radical (unpaired) electrons. The molecule has 1 aromatic heterocycles. The zero-order valence-corrected chi connectivity index (χ0v) is 15.7. The molecule has 27 heavy (non-hydrogen) atoms. The van der Waals surface area contributed by atoms with Gasteiger partial charge in [-0.1, -0.05) is 24.3 Å². The summed E-state index contributed by atoms with van der Waals surface area (Å²) in [5.74, 6) is -0.105. The van der Waals surface area contributed by atoms with Crippen LogP contribution in [-0.4, -0.2) is 22.8 Å². The number of carbonyl (C=O) groups is 2. The van der Waals surface area contributed by atoms with Gasteiger partial charge in [0.25, 0.3) is 0 Å². The molecule has 1 heterocycles. The number of nitrogens with zero attached hydrogens (tertiary/aromatic N) is 1. The first-order valence-corrected chi connectivity index (χ1v) is 8.85. The highest BCUT2D eigenvalue weighted by molar-refractivity contribution is 6.00. The second-order valence-electron chi connectivity index (χ2n) is 6.49. The summed E-state index contributed by atoms with van der Waals surface area (Å²) >= 11 is 0. The summed E-state index contributed by atoms with van der Waals surface area (Å²) < 4.78 is 2.09. The minimum atomic E-state index is -0.128. The summed E-state index contributed by atoms with van der Waals surface area (Å²) in [6.45, 7) is 5.61. The van der Waals surface area contributed by atoms with Gasteiger partial charge in [-0.3, -0.25) is 9.59 Å². The average molecular weight is 361 g/mol. The summed E-state index contributed by atoms with van der Waals surface area (Å²) in [7, 11) is 0. The van der Waals surface area contributed by atoms with Crippen molar-refractivity contribution in [3.8, 4) is 5.69 Å². The highest BCUT2D eigenvalue weighted by atomic mass is 16.1. The summed E-state index contributed by atoms with van der Waals surface area (Å²) in [6, 6.07) is 19.2. The third-order valence-electron chi connectivity index (χ3n) is 4.38. The Hall–Kier alpha value is -3.34. The molecule has 0 unspecified atom stereocenters. The van der Waals surface area contributed by atoms with Gasteiger partial charge in [-0.15, -0.1) is 0 Å². The van der Waals surface area contributed by atoms with E-state index in [9.17, 15) is 9.59 Å². The van der Waals surface area contributed by atoms with Gasteiger partial charge in [0.05, 0.1) is 6.54 Å². The lowest BCUT2D eigenvalue weighted by atomic mass is 10.1. The fourth-order valence-corrected chi connectivity index (χ4v) is 3.21. The van der Waals surface area contributed by atoms with E-state index in [1.54, 1.807) is 0 Å². The molecule has 0 fully saturated rings. The van der Waals surface area contributed by atoms with E-state index in [1.807, 2.05) is 74.5 Å². The lowest BCUT2D eigenvalue weighted by Crippen LogP contribution is -2.15. The molecule has 0 aliphatic heterocycles. The van der Waals surface area contributed by atoms with E-state index >= 15 is 0 Å². The van der Waals surface area contributed by atoms with E-state index < -0.39 is 0 Å². The van der Waals surface area contributed by atoms with Gasteiger partial charge in [0.2, 0.25) is 5.91 Å². The maximum Gasteiger partial charge on any atom is 0.221 e. The topological polar surface area (TPSA) is 63.1 Å². The van der Waals surface area contributed by atoms with Crippen molar-refractivity contribution in [2.75, 3.05) is 17.2 Å². The fraction of sp³-hybridized carbons (Fsp3) is 0.182. The minimum Gasteiger partial charge on any atom is -0.378 e. The molecule has 5 nitrogen and oxygen atoms in total. The Balaban J connectivity index is 1.75. The molecular formula is C22H23N3O2. The second-order valence-corrected chi connectivity index (χ2v) is 6.49. The summed E-state index contributed by atoms with van der Waals surface area (Å²) in [4.78, 5) is 23.9. The van der Waals surface area contributed by atoms with Crippen molar-refractivity contribution >= 4 is 23.1 Å². The smallest absolute Gasteiger partial charge is 0.221 e. The number of aryl methyl sites for hydroxylation is 1. The number of anilines is 2. The first kappa shape index (κ1) is 18.5. The van der Waals surface area contributed by atoms with Gasteiger partial charge in [0.1, 0.15) is 0 Å². The molecule has 1 amide bonds. The van der Waals surface area contributed by atoms with Crippen LogP contribution in [0.1, 0.15) is 28.7 Å². The fourth-order valence-electron chi connectivity index (χ4n) is 3.21. The Kier molecular flexibility index (Phi) is 5.41. The van der Waals surface area contributed by atoms with E-state index in [0.717, 1.165) is 22.8 Å². The van der Waals surface area contributed by atoms with Gasteiger partial charge < -0.3 is 15.2 Å². The van der Waals surface area contributed by atoms with Gasteiger partial charge in [-0.25, -0.2) is 0 Å². The van der Waals surface area contributed by atoms with Crippen molar-refractivity contribution in [1.82, 2.24) is 4.57 Å². The molecule has 138 valence electrons. The molecular weight excluding hydrogens is 338 g/mol. The largest absolute Gasteiger partial charge is 0.378 e. The molecule has 0 bridgehead atoms. The third kappa shape index (κ3) is 4.26. The number of nitrogens with one attached hydrogen (secondary N) is 2. The number of hydrogen-bond acceptors (Lipinski definition) is 3. The van der Waals surface area contributed by atoms with E-state index in [-0.39, 0.29) is 18.2 Å². The molecule has 0 saturated heterocycles. The summed E-state index contributed by atoms with van der Waals surface area (Å²) in [6.07, 6.45) is 0. The van der Waals surface area contributed by atoms with E-state index in [1.165, 1.54) is 6.92 Å². The number of carbonyl (C=O) groups excluding carboxylic acids is 2. The van der Waals surface area contributed by atoms with Crippen LogP contribution >= 0.6 is 0 Å². The van der Waals surface area contributed by atoms with E-state index in [2.05, 4.69) is 15.2 Å². The van der Waals surface area contributed by atoms with Crippen molar-refractivity contribution in [2.24, 2.45) is 0 Å². The summed E-state index contributed by atoms with van der Waals surface area (Å²) in [5, 5.41) is 5.88. The Morgan fingerprint density at radius 3 is 2.33 bits per heavy atom. The number of rotatable bonds is 6. The maximum absolute atomic E-state index is 12.8. The molecule has 2 N–H and O–H groups in total. The van der Waals surface area contributed by atoms with E-state index in [4.69, 9.17) is 0 Å². The predicted octanol–water partition coefficient (Wildman–Crippen LogP) is 4.35. The van der Waals surface area contributed by atoms with Gasteiger partial charge in [0, 0.05) is 40.9 Å². The highest BCUT2D eigenvalue weighted by Crippen LogP contribution is 2.21. The van der Waals surface area contributed by atoms with Crippen molar-refractivity contribution in [3.63, 3.8) is 0 Å². The van der Waals surface area contributed by atoms with Gasteiger partial charge in [-0.2, -0.15) is 0 Å². The standard InChI is InChI=1S/C22H23N3O2/c1-15-12-21(16(2)25(15)20-10-5-4-6-11-20)22(27)14-23-18-8-7-9-19(13-18)24-17(3)26/h4-13,23H,14H2,1-3H3,(H,24,26). The highest BCUT2D eigenvalue weighted by Gasteiger charge is 2.16. The number of ketones is 1. The number of hydrogen-bond donors (Lipinski definition) is 2. The molecule has 0 atom stereocenters. The molecule has 5 heteroatoms. The van der Waals surface area contributed by atoms with Crippen LogP contribution in [0, 0.1) is 13.8 Å². The van der Waals surface area contributed by atoms with Crippen LogP contribution in [0.3, 0.4) is 0 Å². The van der Waals surface area contributed by atoms with Crippen LogP contribution in [0.4, 0.5) is 11.4 Å². The number of amides is 1. The lowest BCUT2D eigenvalue weighted by Gasteiger charge is -2.10. The molecule has 0 aliphatic rings. The van der Waals surface area contributed by atoms with Gasteiger partial charge in [0.15, 0.2) is 5.78 Å². The molecule has 3 aromatic rings. The van der Waals surface area contributed by atoms with Crippen LogP contribution < -0.4 is 10.6 Å². The molecule has 0 aliphatic carbocycles. The molecule has 2 aromatic carbocycles. The van der Waals surface area contributed by atoms with Crippen LogP contribution in [0.5, 0.6) is 0 Å². The molecule has 0 spiro atoms. The SMILES string of the molecule is CC(=O)Nc1cccc(NCC(=O)c2cc(C)n(-c3ccccc3)c2C)c1. The van der Waals surface area contributed by atoms with Crippen molar-refractivity contribution in [1.29, 1.82) is 0 Å². The summed E-state index contributed by atoms with van der Waals surface area (Å²) in [5.41, 5.74) is 5.19. The van der Waals surface area contributed by atoms with Crippen molar-refractivity contribution in [3.05, 3.63) is 77.6 Å². The Bertz CT molecular complexity index is 974. The predicted molar refractivity (Wildman–Crippen MR) is 109 cm³/mol. The molecule has 0 saturated carbocycles. The van der Waals surface area contributed by atoms with Crippen LogP contribution in [0.15, 0.2) is 60.7 Å². The first-order chi connectivity index (χ1) is 13.0. The monoisotopic (exact) mass is 361 g/mol. The quantitative estimate of drug-likeness (QED) is 0.642. The Labute approximate surface area is 159 Å². The number of benzene rings is 2. The molecule has 3 rings (SSSR count). The number of aromatic nitrogens is 1. The first-order valence-electron chi connectivity index (χ1n) is 8.85. The minimum absolute atomic E-state index is 0.0233. The van der Waals surface area contributed by atoms with Crippen LogP contribution in [0.25, 0.3) is 5.69 Å². The third-order valence-corrected chi connectivity index (χ3v) is 4.38. The van der Waals surface area contributed by atoms with E-state index in [0.29, 0.717) is 11.3 Å². The normalized spacial score (nSPS) is 10.5. The Morgan fingerprint density at radius 1 is 0.926 bits per heavy atom. The van der Waals surface area contributed by atoms with Crippen LogP contribution in [-0.2, 0) is 4.79 Å². The zero-order chi connectivity index (χ0) is 19.4. The average Bonchev–Trinajstić information content (AvgIpc) is 2.94. The van der Waals surface area contributed by atoms with Crippen molar-refractivity contribution < 1.29 is 9.59 Å². The Morgan fingerprint density at radius 2 is 1.63 bits per heavy atom.